The molecule has 3 aromatic rings. The van der Waals surface area contributed by atoms with Crippen molar-refractivity contribution in [3.8, 4) is 5.88 Å². The van der Waals surface area contributed by atoms with Crippen LogP contribution in [0, 0.1) is 5.82 Å². The maximum Gasteiger partial charge on any atom is 0.417 e. The molecule has 196 valence electrons. The normalized spacial score (nSPS) is 14.6. The van der Waals surface area contributed by atoms with Crippen LogP contribution in [0.25, 0.3) is 0 Å². The second-order valence-electron chi connectivity index (χ2n) is 8.33. The van der Waals surface area contributed by atoms with Crippen molar-refractivity contribution in [2.45, 2.75) is 22.6 Å². The van der Waals surface area contributed by atoms with E-state index in [9.17, 15) is 22.4 Å². The Balaban J connectivity index is 1.67. The maximum atomic E-state index is 14.3. The third-order valence-corrected chi connectivity index (χ3v) is 6.88. The maximum absolute atomic E-state index is 14.3. The van der Waals surface area contributed by atoms with Gasteiger partial charge in [0.2, 0.25) is 17.7 Å². The van der Waals surface area contributed by atoms with Gasteiger partial charge in [0, 0.05) is 41.7 Å². The highest BCUT2D eigenvalue weighted by atomic mass is 35.5. The second-order valence-corrected chi connectivity index (χ2v) is 9.88. The number of halogens is 5. The average Bonchev–Trinajstić information content (AvgIpc) is 2.85. The van der Waals surface area contributed by atoms with Crippen molar-refractivity contribution in [2.24, 2.45) is 5.73 Å². The lowest BCUT2D eigenvalue weighted by atomic mass is 10.1. The Morgan fingerprint density at radius 3 is 2.57 bits per heavy atom. The van der Waals surface area contributed by atoms with Crippen LogP contribution in [0.1, 0.15) is 21.5 Å². The summed E-state index contributed by atoms with van der Waals surface area (Å²) in [6, 6.07) is 7.24. The molecule has 1 aliphatic heterocycles. The minimum Gasteiger partial charge on any atom is -0.472 e. The molecule has 2 heterocycles. The van der Waals surface area contributed by atoms with Crippen LogP contribution >= 0.6 is 23.4 Å². The molecule has 0 spiro atoms. The topological polar surface area (TPSA) is 84.6 Å². The Morgan fingerprint density at radius 1 is 1.16 bits per heavy atom. The molecule has 0 atom stereocenters. The predicted octanol–water partition coefficient (Wildman–Crippen LogP) is 4.87. The molecule has 0 aliphatic carbocycles. The molecule has 4 rings (SSSR count). The summed E-state index contributed by atoms with van der Waals surface area (Å²) in [5.74, 6) is -1.25. The molecule has 0 bridgehead atoms. The van der Waals surface area contributed by atoms with E-state index >= 15 is 0 Å². The zero-order valence-corrected chi connectivity index (χ0v) is 21.1. The van der Waals surface area contributed by atoms with Crippen LogP contribution in [0.3, 0.4) is 0 Å². The number of alkyl halides is 3. The van der Waals surface area contributed by atoms with Crippen molar-refractivity contribution < 1.29 is 27.1 Å². The molecule has 2 N–H and O–H groups in total. The Bertz CT molecular complexity index is 1300. The summed E-state index contributed by atoms with van der Waals surface area (Å²) < 4.78 is 60.7. The van der Waals surface area contributed by atoms with Crippen molar-refractivity contribution in [1.82, 2.24) is 14.9 Å². The molecule has 1 aliphatic rings. The van der Waals surface area contributed by atoms with E-state index in [1.807, 2.05) is 11.9 Å². The monoisotopic (exact) mass is 555 g/mol. The van der Waals surface area contributed by atoms with Crippen LogP contribution in [0.4, 0.5) is 23.5 Å². The summed E-state index contributed by atoms with van der Waals surface area (Å²) in [4.78, 5) is 25.0. The average molecular weight is 556 g/mol. The van der Waals surface area contributed by atoms with Gasteiger partial charge in [-0.1, -0.05) is 23.4 Å². The SMILES string of the molecule is CN1CCN(c2ncc(Sc3ccc(C(N)=O)c(C(F)(F)F)c3)c(OCc3cc(Cl)ccc3F)n2)CC1. The Hall–Kier alpha value is -3.09. The number of rotatable bonds is 7. The lowest BCUT2D eigenvalue weighted by Gasteiger charge is -2.32. The fourth-order valence-corrected chi connectivity index (χ4v) is 4.70. The first-order valence-corrected chi connectivity index (χ1v) is 12.3. The van der Waals surface area contributed by atoms with Crippen LogP contribution in [0.5, 0.6) is 5.88 Å². The molecular formula is C24H22ClF4N5O2S. The van der Waals surface area contributed by atoms with Crippen LogP contribution < -0.4 is 15.4 Å². The number of likely N-dealkylation sites (N-methyl/N-ethyl adjacent to an activating group) is 1. The van der Waals surface area contributed by atoms with Crippen molar-refractivity contribution in [2.75, 3.05) is 38.1 Å². The number of benzene rings is 2. The summed E-state index contributed by atoms with van der Waals surface area (Å²) in [6.45, 7) is 2.74. The van der Waals surface area contributed by atoms with E-state index in [2.05, 4.69) is 14.9 Å². The van der Waals surface area contributed by atoms with Gasteiger partial charge in [-0.05, 0) is 43.4 Å². The number of carbonyl (C=O) groups is 1. The summed E-state index contributed by atoms with van der Waals surface area (Å²) in [7, 11) is 2.00. The van der Waals surface area contributed by atoms with E-state index in [0.29, 0.717) is 29.0 Å². The van der Waals surface area contributed by atoms with Crippen LogP contribution in [0.15, 0.2) is 52.4 Å². The molecule has 1 saturated heterocycles. The Morgan fingerprint density at radius 2 is 1.89 bits per heavy atom. The van der Waals surface area contributed by atoms with Gasteiger partial charge in [-0.15, -0.1) is 0 Å². The van der Waals surface area contributed by atoms with Crippen molar-refractivity contribution in [3.05, 3.63) is 70.1 Å². The van der Waals surface area contributed by atoms with E-state index in [1.54, 1.807) is 0 Å². The van der Waals surface area contributed by atoms with Gasteiger partial charge in [0.15, 0.2) is 0 Å². The molecule has 1 fully saturated rings. The highest BCUT2D eigenvalue weighted by Crippen LogP contribution is 2.39. The number of aromatic nitrogens is 2. The first-order chi connectivity index (χ1) is 17.5. The molecule has 2 aromatic carbocycles. The smallest absolute Gasteiger partial charge is 0.417 e. The molecule has 13 heteroatoms. The van der Waals surface area contributed by atoms with Crippen LogP contribution in [-0.2, 0) is 12.8 Å². The number of ether oxygens (including phenoxy) is 1. The molecule has 0 saturated carbocycles. The number of amides is 1. The fourth-order valence-electron chi connectivity index (χ4n) is 3.64. The van der Waals surface area contributed by atoms with E-state index < -0.39 is 29.0 Å². The van der Waals surface area contributed by atoms with Crippen molar-refractivity contribution in [3.63, 3.8) is 0 Å². The van der Waals surface area contributed by atoms with Crippen LogP contribution in [0.2, 0.25) is 5.02 Å². The van der Waals surface area contributed by atoms with Gasteiger partial charge in [-0.3, -0.25) is 4.79 Å². The minimum absolute atomic E-state index is 0.0702. The molecule has 0 radical (unpaired) electrons. The number of hydrogen-bond donors (Lipinski definition) is 1. The number of anilines is 1. The van der Waals surface area contributed by atoms with Gasteiger partial charge in [0.1, 0.15) is 12.4 Å². The van der Waals surface area contributed by atoms with Gasteiger partial charge in [-0.2, -0.15) is 18.2 Å². The van der Waals surface area contributed by atoms with Crippen LogP contribution in [-0.4, -0.2) is 54.0 Å². The van der Waals surface area contributed by atoms with Gasteiger partial charge in [-0.25, -0.2) is 9.37 Å². The van der Waals surface area contributed by atoms with Gasteiger partial charge >= 0.3 is 6.18 Å². The first kappa shape index (κ1) is 27.0. The van der Waals surface area contributed by atoms with Crippen molar-refractivity contribution >= 4 is 35.2 Å². The number of hydrogen-bond acceptors (Lipinski definition) is 7. The number of carbonyl (C=O) groups excluding carboxylic acids is 1. The van der Waals surface area contributed by atoms with Crippen molar-refractivity contribution in [1.29, 1.82) is 0 Å². The molecule has 0 unspecified atom stereocenters. The molecule has 7 nitrogen and oxygen atoms in total. The lowest BCUT2D eigenvalue weighted by molar-refractivity contribution is -0.138. The van der Waals surface area contributed by atoms with E-state index in [1.165, 1.54) is 30.5 Å². The number of primary amides is 1. The van der Waals surface area contributed by atoms with Gasteiger partial charge in [0.05, 0.1) is 22.2 Å². The van der Waals surface area contributed by atoms with Gasteiger partial charge < -0.3 is 20.3 Å². The summed E-state index contributed by atoms with van der Waals surface area (Å²) >= 11 is 6.89. The van der Waals surface area contributed by atoms with E-state index in [-0.39, 0.29) is 22.9 Å². The zero-order valence-electron chi connectivity index (χ0n) is 19.6. The number of nitrogens with zero attached hydrogens (tertiary/aromatic N) is 4. The molecule has 37 heavy (non-hydrogen) atoms. The lowest BCUT2D eigenvalue weighted by Crippen LogP contribution is -2.45. The highest BCUT2D eigenvalue weighted by Gasteiger charge is 2.35. The van der Waals surface area contributed by atoms with E-state index in [4.69, 9.17) is 22.1 Å². The second kappa shape index (κ2) is 11.1. The summed E-state index contributed by atoms with van der Waals surface area (Å²) in [5.41, 5.74) is 3.52. The minimum atomic E-state index is -4.79. The standard InChI is InChI=1S/C24H22ClF4N5O2S/c1-33-6-8-34(9-7-33)23-31-12-20(22(32-23)36-13-14-10-15(25)2-5-19(14)26)37-16-3-4-17(21(30)35)18(11-16)24(27,28)29/h2-5,10-12H,6-9,13H2,1H3,(H2,30,35). The quantitative estimate of drug-likeness (QED) is 0.416. The third-order valence-electron chi connectivity index (χ3n) is 5.66. The summed E-state index contributed by atoms with van der Waals surface area (Å²) in [6.07, 6.45) is -3.34. The number of nitrogens with two attached hydrogens (primary N) is 1. The highest BCUT2D eigenvalue weighted by molar-refractivity contribution is 7.99. The molecule has 1 amide bonds. The largest absolute Gasteiger partial charge is 0.472 e. The predicted molar refractivity (Wildman–Crippen MR) is 132 cm³/mol. The molecule has 1 aromatic heterocycles. The fraction of sp³-hybridized carbons (Fsp3) is 0.292. The first-order valence-electron chi connectivity index (χ1n) is 11.1. The third kappa shape index (κ3) is 6.62. The van der Waals surface area contributed by atoms with E-state index in [0.717, 1.165) is 37.0 Å². The zero-order chi connectivity index (χ0) is 26.7. The molecular weight excluding hydrogens is 534 g/mol. The Labute approximate surface area is 219 Å². The Kier molecular flexibility index (Phi) is 8.10. The van der Waals surface area contributed by atoms with Gasteiger partial charge in [0.25, 0.3) is 0 Å². The summed E-state index contributed by atoms with van der Waals surface area (Å²) in [5, 5.41) is 0.324. The number of piperazine rings is 1.